The molecular weight excluding hydrogens is 450 g/mol. The predicted molar refractivity (Wildman–Crippen MR) is 126 cm³/mol. The largest absolute Gasteiger partial charge is 0.489 e. The lowest BCUT2D eigenvalue weighted by atomic mass is 9.89. The summed E-state index contributed by atoms with van der Waals surface area (Å²) in [6.45, 7) is 2.97. The van der Waals surface area contributed by atoms with E-state index < -0.39 is 15.9 Å². The van der Waals surface area contributed by atoms with Gasteiger partial charge in [0.2, 0.25) is 10.0 Å². The number of hydrogen-bond acceptors (Lipinski definition) is 4. The lowest BCUT2D eigenvalue weighted by Crippen LogP contribution is -2.38. The Morgan fingerprint density at radius 1 is 1.22 bits per heavy atom. The Morgan fingerprint density at radius 2 is 1.91 bits per heavy atom. The number of nitrogens with zero attached hydrogens (tertiary/aromatic N) is 1. The number of amides is 1. The Bertz CT molecular complexity index is 1230. The van der Waals surface area contributed by atoms with Gasteiger partial charge >= 0.3 is 0 Å². The number of nitrogens with one attached hydrogen (secondary N) is 1. The molecule has 4 rings (SSSR count). The molecule has 1 aliphatic rings. The van der Waals surface area contributed by atoms with Gasteiger partial charge in [-0.3, -0.25) is 4.79 Å². The summed E-state index contributed by atoms with van der Waals surface area (Å²) in [5, 5.41) is 1.53. The summed E-state index contributed by atoms with van der Waals surface area (Å²) in [5.41, 5.74) is 8.68. The van der Waals surface area contributed by atoms with Crippen LogP contribution in [0.5, 0.6) is 5.75 Å². The van der Waals surface area contributed by atoms with E-state index in [2.05, 4.69) is 4.98 Å². The number of sulfonamides is 1. The molecule has 32 heavy (non-hydrogen) atoms. The number of benzene rings is 2. The van der Waals surface area contributed by atoms with Crippen LogP contribution in [0, 0.1) is 0 Å². The van der Waals surface area contributed by atoms with E-state index in [1.165, 1.54) is 0 Å². The molecule has 0 radical (unpaired) electrons. The Kier molecular flexibility index (Phi) is 6.46. The van der Waals surface area contributed by atoms with Crippen LogP contribution in [-0.2, 0) is 16.6 Å². The molecule has 2 aromatic carbocycles. The van der Waals surface area contributed by atoms with Crippen molar-refractivity contribution in [2.24, 2.45) is 5.73 Å². The number of carbonyl (C=O) groups excluding carboxylic acids is 1. The van der Waals surface area contributed by atoms with Gasteiger partial charge < -0.3 is 15.5 Å². The zero-order chi connectivity index (χ0) is 22.9. The molecule has 0 spiro atoms. The van der Waals surface area contributed by atoms with E-state index in [4.69, 9.17) is 22.1 Å². The van der Waals surface area contributed by atoms with Crippen LogP contribution < -0.4 is 10.5 Å². The maximum absolute atomic E-state index is 12.2. The molecule has 0 saturated carbocycles. The number of primary amides is 1. The number of H-pyrrole nitrogens is 1. The third-order valence-corrected chi connectivity index (χ3v) is 8.16. The fraction of sp³-hybridized carbons (Fsp3) is 0.348. The quantitative estimate of drug-likeness (QED) is 0.538. The molecule has 0 unspecified atom stereocenters. The minimum Gasteiger partial charge on any atom is -0.489 e. The number of nitrogens with two attached hydrogens (primary N) is 1. The number of ether oxygens (including phenoxy) is 1. The minimum absolute atomic E-state index is 0.112. The van der Waals surface area contributed by atoms with Crippen molar-refractivity contribution >= 4 is 38.4 Å². The van der Waals surface area contributed by atoms with Crippen molar-refractivity contribution in [1.29, 1.82) is 0 Å². The van der Waals surface area contributed by atoms with Gasteiger partial charge in [0.05, 0.1) is 16.8 Å². The summed E-state index contributed by atoms with van der Waals surface area (Å²) < 4.78 is 31.9. The average Bonchev–Trinajstić information content (AvgIpc) is 3.22. The SMILES string of the molecule is CCS(=O)(=O)N1CCC(c2c[nH]c3c(C(N)=O)cc(OCc4ccc(Cl)cc4)cc23)CC1. The first-order chi connectivity index (χ1) is 15.3. The standard InChI is InChI=1S/C23H26ClN3O4S/c1-2-32(29,30)27-9-7-16(8-10-27)21-13-26-22-19(21)11-18(12-20(22)23(25)28)31-14-15-3-5-17(24)6-4-15/h3-6,11-13,16,26H,2,7-10,14H2,1H3,(H2,25,28). The summed E-state index contributed by atoms with van der Waals surface area (Å²) in [4.78, 5) is 15.3. The first kappa shape index (κ1) is 22.6. The molecule has 1 fully saturated rings. The van der Waals surface area contributed by atoms with E-state index >= 15 is 0 Å². The first-order valence-electron chi connectivity index (χ1n) is 10.6. The van der Waals surface area contributed by atoms with Gasteiger partial charge in [0.25, 0.3) is 5.91 Å². The van der Waals surface area contributed by atoms with Crippen LogP contribution in [0.25, 0.3) is 10.9 Å². The molecule has 170 valence electrons. The smallest absolute Gasteiger partial charge is 0.250 e. The van der Waals surface area contributed by atoms with Crippen molar-refractivity contribution < 1.29 is 17.9 Å². The lowest BCUT2D eigenvalue weighted by molar-refractivity contribution is 0.100. The second-order valence-electron chi connectivity index (χ2n) is 7.99. The fourth-order valence-corrected chi connectivity index (χ4v) is 5.48. The van der Waals surface area contributed by atoms with Gasteiger partial charge in [-0.25, -0.2) is 12.7 Å². The van der Waals surface area contributed by atoms with Crippen molar-refractivity contribution in [1.82, 2.24) is 9.29 Å². The first-order valence-corrected chi connectivity index (χ1v) is 12.6. The van der Waals surface area contributed by atoms with E-state index in [-0.39, 0.29) is 11.7 Å². The maximum Gasteiger partial charge on any atom is 0.250 e. The van der Waals surface area contributed by atoms with Gasteiger partial charge in [-0.1, -0.05) is 23.7 Å². The second kappa shape index (κ2) is 9.13. The molecule has 3 N–H and O–H groups in total. The topological polar surface area (TPSA) is 105 Å². The highest BCUT2D eigenvalue weighted by molar-refractivity contribution is 7.89. The number of halogens is 1. The summed E-state index contributed by atoms with van der Waals surface area (Å²) in [7, 11) is -3.18. The zero-order valence-corrected chi connectivity index (χ0v) is 19.4. The van der Waals surface area contributed by atoms with Crippen LogP contribution in [0.4, 0.5) is 0 Å². The molecule has 2 heterocycles. The molecule has 7 nitrogen and oxygen atoms in total. The van der Waals surface area contributed by atoms with Crippen LogP contribution in [-0.4, -0.2) is 42.5 Å². The molecule has 3 aromatic rings. The number of carbonyl (C=O) groups is 1. The monoisotopic (exact) mass is 475 g/mol. The van der Waals surface area contributed by atoms with Crippen LogP contribution in [0.2, 0.25) is 5.02 Å². The maximum atomic E-state index is 12.2. The number of hydrogen-bond donors (Lipinski definition) is 2. The molecule has 0 aliphatic carbocycles. The van der Waals surface area contributed by atoms with Gasteiger partial charge in [-0.15, -0.1) is 0 Å². The third kappa shape index (κ3) is 4.62. The molecule has 1 aromatic heterocycles. The number of piperidine rings is 1. The van der Waals surface area contributed by atoms with Crippen molar-refractivity contribution in [3.63, 3.8) is 0 Å². The highest BCUT2D eigenvalue weighted by atomic mass is 35.5. The normalized spacial score (nSPS) is 15.8. The van der Waals surface area contributed by atoms with Crippen LogP contribution in [0.15, 0.2) is 42.6 Å². The van der Waals surface area contributed by atoms with Crippen LogP contribution >= 0.6 is 11.6 Å². The summed E-state index contributed by atoms with van der Waals surface area (Å²) in [6.07, 6.45) is 3.33. The molecule has 1 amide bonds. The molecule has 1 aliphatic heterocycles. The van der Waals surface area contributed by atoms with Crippen molar-refractivity contribution in [2.45, 2.75) is 32.3 Å². The Labute approximate surface area is 192 Å². The zero-order valence-electron chi connectivity index (χ0n) is 17.8. The van der Waals surface area contributed by atoms with E-state index in [0.29, 0.717) is 54.4 Å². The summed E-state index contributed by atoms with van der Waals surface area (Å²) in [6, 6.07) is 10.9. The van der Waals surface area contributed by atoms with E-state index in [1.54, 1.807) is 29.4 Å². The summed E-state index contributed by atoms with van der Waals surface area (Å²) in [5.74, 6) is 0.303. The average molecular weight is 476 g/mol. The van der Waals surface area contributed by atoms with E-state index in [1.807, 2.05) is 24.4 Å². The van der Waals surface area contributed by atoms with Gasteiger partial charge in [-0.2, -0.15) is 0 Å². The van der Waals surface area contributed by atoms with Crippen LogP contribution in [0.1, 0.15) is 47.2 Å². The number of aromatic nitrogens is 1. The third-order valence-electron chi connectivity index (χ3n) is 6.03. The van der Waals surface area contributed by atoms with Crippen molar-refractivity contribution in [2.75, 3.05) is 18.8 Å². The van der Waals surface area contributed by atoms with Crippen molar-refractivity contribution in [3.05, 3.63) is 64.3 Å². The highest BCUT2D eigenvalue weighted by Crippen LogP contribution is 2.37. The highest BCUT2D eigenvalue weighted by Gasteiger charge is 2.29. The van der Waals surface area contributed by atoms with Crippen molar-refractivity contribution in [3.8, 4) is 5.75 Å². The van der Waals surface area contributed by atoms with Gasteiger partial charge in [0.1, 0.15) is 12.4 Å². The number of rotatable bonds is 7. The van der Waals surface area contributed by atoms with E-state index in [9.17, 15) is 13.2 Å². The van der Waals surface area contributed by atoms with E-state index in [0.717, 1.165) is 16.5 Å². The molecule has 1 saturated heterocycles. The molecule has 0 atom stereocenters. The lowest BCUT2D eigenvalue weighted by Gasteiger charge is -2.30. The second-order valence-corrected chi connectivity index (χ2v) is 10.7. The molecule has 0 bridgehead atoms. The Hall–Kier alpha value is -2.55. The number of aromatic amines is 1. The molecule has 9 heteroatoms. The fourth-order valence-electron chi connectivity index (χ4n) is 4.22. The Morgan fingerprint density at radius 3 is 2.53 bits per heavy atom. The van der Waals surface area contributed by atoms with Gasteiger partial charge in [0.15, 0.2) is 0 Å². The minimum atomic E-state index is -3.18. The number of fused-ring (bicyclic) bond motifs is 1. The van der Waals surface area contributed by atoms with Gasteiger partial charge in [0, 0.05) is 29.7 Å². The summed E-state index contributed by atoms with van der Waals surface area (Å²) >= 11 is 5.94. The molecular formula is C23H26ClN3O4S. The predicted octanol–water partition coefficient (Wildman–Crippen LogP) is 4.03. The van der Waals surface area contributed by atoms with Gasteiger partial charge in [-0.05, 0) is 61.1 Å². The van der Waals surface area contributed by atoms with Crippen LogP contribution in [0.3, 0.4) is 0 Å². The Balaban J connectivity index is 1.60.